The molecule has 2 N–H and O–H groups in total. The number of carbonyl (C=O) groups excluding carboxylic acids is 1. The van der Waals surface area contributed by atoms with Crippen LogP contribution in [0.5, 0.6) is 0 Å². The van der Waals surface area contributed by atoms with Gasteiger partial charge in [0.2, 0.25) is 11.5 Å². The third-order valence-corrected chi connectivity index (χ3v) is 4.12. The maximum Gasteiger partial charge on any atom is 0.247 e. The number of aromatic nitrogens is 3. The van der Waals surface area contributed by atoms with Gasteiger partial charge in [-0.25, -0.2) is 4.68 Å². The molecule has 0 unspecified atom stereocenters. The number of amides is 1. The van der Waals surface area contributed by atoms with Crippen LogP contribution in [0.4, 0.5) is 0 Å². The minimum absolute atomic E-state index is 0.0787. The van der Waals surface area contributed by atoms with Crippen molar-refractivity contribution in [2.24, 2.45) is 0 Å². The molecule has 2 heterocycles. The van der Waals surface area contributed by atoms with Gasteiger partial charge in [-0.1, -0.05) is 24.3 Å². The van der Waals surface area contributed by atoms with Crippen LogP contribution >= 0.6 is 0 Å². The summed E-state index contributed by atoms with van der Waals surface area (Å²) in [7, 11) is 0. The van der Waals surface area contributed by atoms with E-state index in [1.54, 1.807) is 12.3 Å². The van der Waals surface area contributed by atoms with Crippen LogP contribution in [0.1, 0.15) is 22.5 Å². The Balaban J connectivity index is 1.70. The summed E-state index contributed by atoms with van der Waals surface area (Å²) in [6.45, 7) is 4.26. The minimum Gasteiger partial charge on any atom is -0.352 e. The molecule has 0 aliphatic heterocycles. The lowest BCUT2D eigenvalue weighted by Gasteiger charge is -2.07. The molecule has 0 spiro atoms. The molecule has 6 heteroatoms. The predicted octanol–water partition coefficient (Wildman–Crippen LogP) is 2.04. The first-order valence-corrected chi connectivity index (χ1v) is 8.09. The van der Waals surface area contributed by atoms with Gasteiger partial charge in [-0.3, -0.25) is 9.59 Å². The molecule has 6 nitrogen and oxygen atoms in total. The molecule has 1 aromatic carbocycles. The van der Waals surface area contributed by atoms with Gasteiger partial charge in [0.05, 0.1) is 17.8 Å². The van der Waals surface area contributed by atoms with Crippen LogP contribution in [-0.2, 0) is 17.8 Å². The lowest BCUT2D eigenvalue weighted by molar-refractivity contribution is -0.120. The first-order chi connectivity index (χ1) is 12.0. The van der Waals surface area contributed by atoms with E-state index in [0.29, 0.717) is 6.54 Å². The molecule has 0 radical (unpaired) electrons. The molecular formula is C19H20N4O2. The van der Waals surface area contributed by atoms with E-state index in [1.165, 1.54) is 6.07 Å². The third kappa shape index (κ3) is 3.85. The van der Waals surface area contributed by atoms with Crippen LogP contribution < -0.4 is 10.9 Å². The van der Waals surface area contributed by atoms with Gasteiger partial charge in [-0.2, -0.15) is 5.10 Å². The molecule has 3 rings (SSSR count). The van der Waals surface area contributed by atoms with Gasteiger partial charge < -0.3 is 10.3 Å². The van der Waals surface area contributed by atoms with Crippen LogP contribution in [0.2, 0.25) is 0 Å². The fourth-order valence-electron chi connectivity index (χ4n) is 2.73. The van der Waals surface area contributed by atoms with E-state index >= 15 is 0 Å². The van der Waals surface area contributed by atoms with Crippen LogP contribution in [-0.4, -0.2) is 20.7 Å². The summed E-state index contributed by atoms with van der Waals surface area (Å²) >= 11 is 0. The monoisotopic (exact) mass is 336 g/mol. The van der Waals surface area contributed by atoms with E-state index in [-0.39, 0.29) is 17.9 Å². The summed E-state index contributed by atoms with van der Waals surface area (Å²) in [4.78, 5) is 25.9. The zero-order valence-corrected chi connectivity index (χ0v) is 14.2. The molecule has 3 aromatic rings. The Labute approximate surface area is 145 Å². The van der Waals surface area contributed by atoms with Gasteiger partial charge in [-0.15, -0.1) is 0 Å². The molecule has 2 aromatic heterocycles. The lowest BCUT2D eigenvalue weighted by atomic mass is 10.1. The number of H-pyrrole nitrogens is 1. The van der Waals surface area contributed by atoms with Gasteiger partial charge >= 0.3 is 0 Å². The maximum absolute atomic E-state index is 12.3. The van der Waals surface area contributed by atoms with E-state index in [0.717, 1.165) is 28.2 Å². The van der Waals surface area contributed by atoms with Crippen LogP contribution in [0.25, 0.3) is 5.69 Å². The highest BCUT2D eigenvalue weighted by molar-refractivity contribution is 5.79. The Morgan fingerprint density at radius 1 is 1.16 bits per heavy atom. The Kier molecular flexibility index (Phi) is 4.79. The van der Waals surface area contributed by atoms with Gasteiger partial charge in [0, 0.05) is 30.1 Å². The Morgan fingerprint density at radius 3 is 2.60 bits per heavy atom. The topological polar surface area (TPSA) is 79.8 Å². The van der Waals surface area contributed by atoms with Gasteiger partial charge in [-0.05, 0) is 31.5 Å². The van der Waals surface area contributed by atoms with E-state index in [1.807, 2.05) is 48.9 Å². The molecule has 0 fully saturated rings. The lowest BCUT2D eigenvalue weighted by Crippen LogP contribution is -2.25. The number of benzene rings is 1. The van der Waals surface area contributed by atoms with E-state index < -0.39 is 0 Å². The van der Waals surface area contributed by atoms with Crippen LogP contribution in [0, 0.1) is 13.8 Å². The van der Waals surface area contributed by atoms with E-state index in [2.05, 4.69) is 15.4 Å². The van der Waals surface area contributed by atoms with Gasteiger partial charge in [0.25, 0.3) is 0 Å². The number of pyridine rings is 1. The van der Waals surface area contributed by atoms with E-state index in [9.17, 15) is 9.59 Å². The summed E-state index contributed by atoms with van der Waals surface area (Å²) in [6, 6.07) is 13.0. The van der Waals surface area contributed by atoms with Crippen molar-refractivity contribution in [2.45, 2.75) is 26.8 Å². The average Bonchev–Trinajstić information content (AvgIpc) is 2.90. The van der Waals surface area contributed by atoms with Crippen molar-refractivity contribution in [1.29, 1.82) is 0 Å². The van der Waals surface area contributed by atoms with E-state index in [4.69, 9.17) is 0 Å². The van der Waals surface area contributed by atoms with Gasteiger partial charge in [0.1, 0.15) is 0 Å². The zero-order chi connectivity index (χ0) is 17.8. The van der Waals surface area contributed by atoms with Crippen LogP contribution in [0.3, 0.4) is 0 Å². The number of rotatable bonds is 5. The normalized spacial score (nSPS) is 10.6. The third-order valence-electron chi connectivity index (χ3n) is 4.12. The molecule has 0 saturated heterocycles. The molecule has 25 heavy (non-hydrogen) atoms. The standard InChI is InChI=1S/C19H20N4O2/c1-13-17(14(2)23(22-13)16-6-4-3-5-7-16)10-19(25)21-12-15-8-9-18(24)20-11-15/h3-9,11H,10,12H2,1-2H3,(H,20,24)(H,21,25). The molecule has 0 aliphatic rings. The number of nitrogens with one attached hydrogen (secondary N) is 2. The van der Waals surface area contributed by atoms with Crippen molar-refractivity contribution in [2.75, 3.05) is 0 Å². The first kappa shape index (κ1) is 16.7. The number of hydrogen-bond acceptors (Lipinski definition) is 3. The SMILES string of the molecule is Cc1nn(-c2ccccc2)c(C)c1CC(=O)NCc1ccc(=O)[nH]c1. The molecule has 0 bridgehead atoms. The molecule has 0 atom stereocenters. The van der Waals surface area contributed by atoms with Crippen molar-refractivity contribution in [1.82, 2.24) is 20.1 Å². The number of para-hydroxylation sites is 1. The molecular weight excluding hydrogens is 316 g/mol. The highest BCUT2D eigenvalue weighted by atomic mass is 16.1. The number of carbonyl (C=O) groups is 1. The van der Waals surface area contributed by atoms with Crippen molar-refractivity contribution in [3.8, 4) is 5.69 Å². The fraction of sp³-hybridized carbons (Fsp3) is 0.211. The second-order valence-corrected chi connectivity index (χ2v) is 5.91. The maximum atomic E-state index is 12.3. The molecule has 128 valence electrons. The molecule has 1 amide bonds. The summed E-state index contributed by atoms with van der Waals surface area (Å²) in [6.07, 6.45) is 1.88. The molecule has 0 aliphatic carbocycles. The summed E-state index contributed by atoms with van der Waals surface area (Å²) in [5.41, 5.74) is 4.41. The number of nitrogens with zero attached hydrogens (tertiary/aromatic N) is 2. The smallest absolute Gasteiger partial charge is 0.247 e. The highest BCUT2D eigenvalue weighted by Crippen LogP contribution is 2.18. The van der Waals surface area contributed by atoms with Gasteiger partial charge in [0.15, 0.2) is 0 Å². The summed E-state index contributed by atoms with van der Waals surface area (Å²) in [5.74, 6) is -0.0787. The zero-order valence-electron chi connectivity index (χ0n) is 14.2. The summed E-state index contributed by atoms with van der Waals surface area (Å²) < 4.78 is 1.86. The Bertz CT molecular complexity index is 921. The highest BCUT2D eigenvalue weighted by Gasteiger charge is 2.15. The van der Waals surface area contributed by atoms with Crippen molar-refractivity contribution < 1.29 is 4.79 Å². The number of aryl methyl sites for hydroxylation is 1. The fourth-order valence-corrected chi connectivity index (χ4v) is 2.73. The largest absolute Gasteiger partial charge is 0.352 e. The Morgan fingerprint density at radius 2 is 1.92 bits per heavy atom. The number of aromatic amines is 1. The summed E-state index contributed by atoms with van der Waals surface area (Å²) in [5, 5.41) is 7.43. The first-order valence-electron chi connectivity index (χ1n) is 8.09. The number of hydrogen-bond donors (Lipinski definition) is 2. The Hall–Kier alpha value is -3.15. The van der Waals surface area contributed by atoms with Crippen LogP contribution in [0.15, 0.2) is 53.5 Å². The second kappa shape index (κ2) is 7.17. The second-order valence-electron chi connectivity index (χ2n) is 5.91. The molecule has 0 saturated carbocycles. The van der Waals surface area contributed by atoms with Crippen molar-refractivity contribution in [3.63, 3.8) is 0 Å². The quantitative estimate of drug-likeness (QED) is 0.748. The minimum atomic E-state index is -0.158. The van der Waals surface area contributed by atoms with Crippen molar-refractivity contribution in [3.05, 3.63) is 81.5 Å². The average molecular weight is 336 g/mol. The predicted molar refractivity (Wildman–Crippen MR) is 95.7 cm³/mol. The van der Waals surface area contributed by atoms with Crippen molar-refractivity contribution >= 4 is 5.91 Å².